The van der Waals surface area contributed by atoms with Gasteiger partial charge in [-0.25, -0.2) is 5.43 Å². The molecule has 0 aromatic heterocycles. The van der Waals surface area contributed by atoms with Crippen molar-refractivity contribution in [3.05, 3.63) is 59.2 Å². The van der Waals surface area contributed by atoms with Gasteiger partial charge < -0.3 is 9.47 Å². The van der Waals surface area contributed by atoms with E-state index in [-0.39, 0.29) is 12.5 Å². The molecule has 0 aliphatic heterocycles. The standard InChI is InChI=1S/C21H26N2O3/c1-5-15(2)18-7-9-19(10-8-18)26-14-21(24)23-22-13-17-6-11-20(25-4)16(3)12-17/h6-13,15H,5,14H2,1-4H3,(H,23,24). The van der Waals surface area contributed by atoms with Crippen LogP contribution in [0.25, 0.3) is 0 Å². The van der Waals surface area contributed by atoms with Crippen molar-refractivity contribution in [3.63, 3.8) is 0 Å². The monoisotopic (exact) mass is 354 g/mol. The molecule has 5 nitrogen and oxygen atoms in total. The van der Waals surface area contributed by atoms with Gasteiger partial charge >= 0.3 is 0 Å². The second-order valence-electron chi connectivity index (χ2n) is 6.19. The van der Waals surface area contributed by atoms with Crippen molar-refractivity contribution in [3.8, 4) is 11.5 Å². The topological polar surface area (TPSA) is 59.9 Å². The van der Waals surface area contributed by atoms with E-state index in [1.165, 1.54) is 5.56 Å². The molecule has 138 valence electrons. The van der Waals surface area contributed by atoms with E-state index in [0.29, 0.717) is 11.7 Å². The van der Waals surface area contributed by atoms with Crippen molar-refractivity contribution < 1.29 is 14.3 Å². The van der Waals surface area contributed by atoms with E-state index >= 15 is 0 Å². The zero-order valence-corrected chi connectivity index (χ0v) is 15.8. The molecule has 0 fully saturated rings. The van der Waals surface area contributed by atoms with Crippen LogP contribution in [-0.2, 0) is 4.79 Å². The third-order valence-electron chi connectivity index (χ3n) is 4.25. The average Bonchev–Trinajstić information content (AvgIpc) is 2.66. The molecule has 1 N–H and O–H groups in total. The number of ether oxygens (including phenoxy) is 2. The Morgan fingerprint density at radius 3 is 2.58 bits per heavy atom. The Morgan fingerprint density at radius 2 is 1.96 bits per heavy atom. The van der Waals surface area contributed by atoms with Crippen molar-refractivity contribution in [1.29, 1.82) is 0 Å². The van der Waals surface area contributed by atoms with Gasteiger partial charge in [0.2, 0.25) is 0 Å². The predicted molar refractivity (Wildman–Crippen MR) is 104 cm³/mol. The normalized spacial score (nSPS) is 12.0. The zero-order chi connectivity index (χ0) is 18.9. The minimum absolute atomic E-state index is 0.0817. The molecule has 2 aromatic rings. The van der Waals surface area contributed by atoms with Gasteiger partial charge in [0.1, 0.15) is 11.5 Å². The van der Waals surface area contributed by atoms with Crippen LogP contribution in [0.1, 0.15) is 42.9 Å². The van der Waals surface area contributed by atoms with Crippen molar-refractivity contribution >= 4 is 12.1 Å². The number of hydrazone groups is 1. The summed E-state index contributed by atoms with van der Waals surface area (Å²) in [5.41, 5.74) is 5.62. The molecule has 0 radical (unpaired) electrons. The Kier molecular flexibility index (Phi) is 7.21. The average molecular weight is 354 g/mol. The first kappa shape index (κ1) is 19.5. The van der Waals surface area contributed by atoms with Crippen LogP contribution < -0.4 is 14.9 Å². The van der Waals surface area contributed by atoms with E-state index in [9.17, 15) is 4.79 Å². The number of carbonyl (C=O) groups is 1. The first-order valence-corrected chi connectivity index (χ1v) is 8.72. The molecule has 26 heavy (non-hydrogen) atoms. The molecule has 1 amide bonds. The Hall–Kier alpha value is -2.82. The molecule has 0 spiro atoms. The SMILES string of the molecule is CCC(C)c1ccc(OCC(=O)NN=Cc2ccc(OC)c(C)c2)cc1. The Labute approximate surface area is 155 Å². The quantitative estimate of drug-likeness (QED) is 0.575. The first-order chi connectivity index (χ1) is 12.5. The summed E-state index contributed by atoms with van der Waals surface area (Å²) < 4.78 is 10.7. The number of amides is 1. The highest BCUT2D eigenvalue weighted by Crippen LogP contribution is 2.21. The number of benzene rings is 2. The predicted octanol–water partition coefficient (Wildman–Crippen LogP) is 4.05. The lowest BCUT2D eigenvalue weighted by Crippen LogP contribution is -2.24. The van der Waals surface area contributed by atoms with Gasteiger partial charge in [-0.2, -0.15) is 5.10 Å². The zero-order valence-electron chi connectivity index (χ0n) is 15.8. The minimum atomic E-state index is -0.308. The second kappa shape index (κ2) is 9.61. The van der Waals surface area contributed by atoms with Gasteiger partial charge in [0.05, 0.1) is 13.3 Å². The maximum Gasteiger partial charge on any atom is 0.277 e. The van der Waals surface area contributed by atoms with Gasteiger partial charge in [-0.05, 0) is 66.3 Å². The summed E-state index contributed by atoms with van der Waals surface area (Å²) in [6.45, 7) is 6.22. The number of nitrogens with one attached hydrogen (secondary N) is 1. The highest BCUT2D eigenvalue weighted by Gasteiger charge is 2.05. The molecule has 2 rings (SSSR count). The van der Waals surface area contributed by atoms with Crippen molar-refractivity contribution in [1.82, 2.24) is 5.43 Å². The number of aryl methyl sites for hydroxylation is 1. The van der Waals surface area contributed by atoms with Crippen molar-refractivity contribution in [2.45, 2.75) is 33.1 Å². The largest absolute Gasteiger partial charge is 0.496 e. The molecule has 2 aromatic carbocycles. The Bertz CT molecular complexity index is 754. The fourth-order valence-corrected chi connectivity index (χ4v) is 2.47. The first-order valence-electron chi connectivity index (χ1n) is 8.72. The molecule has 0 saturated heterocycles. The van der Waals surface area contributed by atoms with E-state index in [4.69, 9.17) is 9.47 Å². The van der Waals surface area contributed by atoms with Gasteiger partial charge in [0.15, 0.2) is 6.61 Å². The fourth-order valence-electron chi connectivity index (χ4n) is 2.47. The van der Waals surface area contributed by atoms with E-state index in [1.54, 1.807) is 13.3 Å². The van der Waals surface area contributed by atoms with Crippen LogP contribution in [0.5, 0.6) is 11.5 Å². The lowest BCUT2D eigenvalue weighted by molar-refractivity contribution is -0.123. The van der Waals surface area contributed by atoms with Crippen LogP contribution in [0.3, 0.4) is 0 Å². The van der Waals surface area contributed by atoms with Gasteiger partial charge in [-0.1, -0.05) is 26.0 Å². The van der Waals surface area contributed by atoms with Gasteiger partial charge in [0.25, 0.3) is 5.91 Å². The Morgan fingerprint density at radius 1 is 1.23 bits per heavy atom. The van der Waals surface area contributed by atoms with Crippen LogP contribution in [0.4, 0.5) is 0 Å². The number of carbonyl (C=O) groups excluding carboxylic acids is 1. The number of hydrogen-bond acceptors (Lipinski definition) is 4. The summed E-state index contributed by atoms with van der Waals surface area (Å²) in [5.74, 6) is 1.70. The summed E-state index contributed by atoms with van der Waals surface area (Å²) in [4.78, 5) is 11.8. The van der Waals surface area contributed by atoms with Crippen molar-refractivity contribution in [2.24, 2.45) is 5.10 Å². The summed E-state index contributed by atoms with van der Waals surface area (Å²) in [7, 11) is 1.63. The number of nitrogens with zero attached hydrogens (tertiary/aromatic N) is 1. The lowest BCUT2D eigenvalue weighted by Gasteiger charge is -2.10. The summed E-state index contributed by atoms with van der Waals surface area (Å²) in [6.07, 6.45) is 2.68. The third kappa shape index (κ3) is 5.62. The summed E-state index contributed by atoms with van der Waals surface area (Å²) in [5, 5.41) is 3.95. The molecular formula is C21H26N2O3. The van der Waals surface area contributed by atoms with Crippen LogP contribution in [0, 0.1) is 6.92 Å². The van der Waals surface area contributed by atoms with Gasteiger partial charge in [0, 0.05) is 0 Å². The summed E-state index contributed by atoms with van der Waals surface area (Å²) in [6, 6.07) is 13.5. The van der Waals surface area contributed by atoms with Crippen LogP contribution >= 0.6 is 0 Å². The van der Waals surface area contributed by atoms with E-state index in [2.05, 4.69) is 24.4 Å². The molecule has 0 heterocycles. The number of rotatable bonds is 8. The fraction of sp³-hybridized carbons (Fsp3) is 0.333. The third-order valence-corrected chi connectivity index (χ3v) is 4.25. The molecule has 0 aliphatic rings. The summed E-state index contributed by atoms with van der Waals surface area (Å²) >= 11 is 0. The van der Waals surface area contributed by atoms with Crippen molar-refractivity contribution in [2.75, 3.05) is 13.7 Å². The molecule has 1 unspecified atom stereocenters. The molecule has 5 heteroatoms. The van der Waals surface area contributed by atoms with Crippen LogP contribution in [-0.4, -0.2) is 25.8 Å². The van der Waals surface area contributed by atoms with Crippen LogP contribution in [0.2, 0.25) is 0 Å². The second-order valence-corrected chi connectivity index (χ2v) is 6.19. The van der Waals surface area contributed by atoms with Gasteiger partial charge in [-0.15, -0.1) is 0 Å². The van der Waals surface area contributed by atoms with E-state index in [0.717, 1.165) is 23.3 Å². The Balaban J connectivity index is 1.80. The highest BCUT2D eigenvalue weighted by molar-refractivity contribution is 5.83. The van der Waals surface area contributed by atoms with E-state index < -0.39 is 0 Å². The maximum absolute atomic E-state index is 11.8. The highest BCUT2D eigenvalue weighted by atomic mass is 16.5. The molecule has 0 aliphatic carbocycles. The molecule has 1 atom stereocenters. The van der Waals surface area contributed by atoms with Crippen LogP contribution in [0.15, 0.2) is 47.6 Å². The molecule has 0 bridgehead atoms. The smallest absolute Gasteiger partial charge is 0.277 e. The lowest BCUT2D eigenvalue weighted by atomic mass is 9.99. The minimum Gasteiger partial charge on any atom is -0.496 e. The van der Waals surface area contributed by atoms with E-state index in [1.807, 2.05) is 49.4 Å². The maximum atomic E-state index is 11.8. The number of methoxy groups -OCH3 is 1. The molecule has 0 saturated carbocycles. The molecular weight excluding hydrogens is 328 g/mol. The number of hydrogen-bond donors (Lipinski definition) is 1. The van der Waals surface area contributed by atoms with Gasteiger partial charge in [-0.3, -0.25) is 4.79 Å².